The van der Waals surface area contributed by atoms with Gasteiger partial charge in [-0.05, 0) is 31.5 Å². The predicted molar refractivity (Wildman–Crippen MR) is 110 cm³/mol. The van der Waals surface area contributed by atoms with Gasteiger partial charge in [0.15, 0.2) is 0 Å². The molecule has 0 aliphatic carbocycles. The zero-order chi connectivity index (χ0) is 20.4. The molecule has 4 rings (SSSR count). The molecule has 0 amide bonds. The molecular formula is C20H22N4O4S. The molecule has 0 saturated carbocycles. The van der Waals surface area contributed by atoms with Gasteiger partial charge in [0.2, 0.25) is 5.88 Å². The Morgan fingerprint density at radius 3 is 2.79 bits per heavy atom. The number of hydrogen-bond donors (Lipinski definition) is 1. The van der Waals surface area contributed by atoms with Gasteiger partial charge in [-0.15, -0.1) is 11.3 Å². The van der Waals surface area contributed by atoms with Crippen LogP contribution in [0.5, 0.6) is 5.88 Å². The van der Waals surface area contributed by atoms with Crippen molar-refractivity contribution in [3.8, 4) is 5.88 Å². The van der Waals surface area contributed by atoms with E-state index in [9.17, 15) is 4.79 Å². The van der Waals surface area contributed by atoms with Gasteiger partial charge in [0, 0.05) is 18.5 Å². The number of fused-ring (bicyclic) bond motifs is 1. The molecule has 0 spiro atoms. The minimum atomic E-state index is -0.378. The summed E-state index contributed by atoms with van der Waals surface area (Å²) in [6.07, 6.45) is 3.21. The van der Waals surface area contributed by atoms with E-state index in [0.29, 0.717) is 40.3 Å². The second-order valence-electron chi connectivity index (χ2n) is 6.81. The molecule has 1 N–H and O–H groups in total. The average Bonchev–Trinajstić information content (AvgIpc) is 3.08. The summed E-state index contributed by atoms with van der Waals surface area (Å²) in [5, 5.41) is 4.12. The highest BCUT2D eigenvalue weighted by Crippen LogP contribution is 2.36. The van der Waals surface area contributed by atoms with Crippen LogP contribution in [0.3, 0.4) is 0 Å². The van der Waals surface area contributed by atoms with Crippen LogP contribution in [0.1, 0.15) is 33.8 Å². The maximum absolute atomic E-state index is 12.1. The van der Waals surface area contributed by atoms with Gasteiger partial charge >= 0.3 is 5.97 Å². The number of esters is 1. The second kappa shape index (κ2) is 8.30. The summed E-state index contributed by atoms with van der Waals surface area (Å²) in [6.45, 7) is 5.17. The third-order valence-electron chi connectivity index (χ3n) is 4.80. The Morgan fingerprint density at radius 1 is 1.24 bits per heavy atom. The van der Waals surface area contributed by atoms with Crippen LogP contribution in [0.15, 0.2) is 18.5 Å². The number of aromatic nitrogens is 3. The van der Waals surface area contributed by atoms with E-state index < -0.39 is 0 Å². The van der Waals surface area contributed by atoms with Crippen molar-refractivity contribution in [1.82, 2.24) is 15.0 Å². The number of nitrogens with zero attached hydrogens (tertiary/aromatic N) is 3. The fourth-order valence-corrected chi connectivity index (χ4v) is 4.32. The van der Waals surface area contributed by atoms with Gasteiger partial charge in [0.25, 0.3) is 0 Å². The number of aryl methyl sites for hydroxylation is 2. The lowest BCUT2D eigenvalue weighted by molar-refractivity contribution is 0.0240. The lowest BCUT2D eigenvalue weighted by Crippen LogP contribution is -2.26. The minimum absolute atomic E-state index is 0.0674. The largest absolute Gasteiger partial charge is 0.473 e. The SMILES string of the molecule is COC(=O)c1sc2ncnc(Nc3ccc(C)nc3OC3CCOCC3)c2c1C. The quantitative estimate of drug-likeness (QED) is 0.630. The molecule has 0 bridgehead atoms. The van der Waals surface area contributed by atoms with Crippen molar-refractivity contribution < 1.29 is 19.0 Å². The summed E-state index contributed by atoms with van der Waals surface area (Å²) >= 11 is 1.29. The van der Waals surface area contributed by atoms with Crippen LogP contribution >= 0.6 is 11.3 Å². The average molecular weight is 414 g/mol. The van der Waals surface area contributed by atoms with E-state index in [-0.39, 0.29) is 12.1 Å². The molecule has 1 aliphatic rings. The Morgan fingerprint density at radius 2 is 2.03 bits per heavy atom. The third kappa shape index (κ3) is 4.01. The van der Waals surface area contributed by atoms with Crippen LogP contribution in [0.2, 0.25) is 0 Å². The summed E-state index contributed by atoms with van der Waals surface area (Å²) < 4.78 is 16.5. The summed E-state index contributed by atoms with van der Waals surface area (Å²) in [5.41, 5.74) is 2.37. The molecule has 4 heterocycles. The van der Waals surface area contributed by atoms with Gasteiger partial charge in [0.05, 0.1) is 25.7 Å². The molecule has 152 valence electrons. The lowest BCUT2D eigenvalue weighted by Gasteiger charge is -2.24. The van der Waals surface area contributed by atoms with Gasteiger partial charge in [-0.25, -0.2) is 19.7 Å². The first-order valence-electron chi connectivity index (χ1n) is 9.38. The van der Waals surface area contributed by atoms with Gasteiger partial charge < -0.3 is 19.5 Å². The molecule has 3 aromatic rings. The first-order chi connectivity index (χ1) is 14.1. The Hall–Kier alpha value is -2.78. The van der Waals surface area contributed by atoms with E-state index in [1.165, 1.54) is 24.8 Å². The van der Waals surface area contributed by atoms with Crippen LogP contribution in [0.25, 0.3) is 10.2 Å². The van der Waals surface area contributed by atoms with E-state index in [4.69, 9.17) is 14.2 Å². The van der Waals surface area contributed by atoms with E-state index in [1.807, 2.05) is 26.0 Å². The number of nitrogens with one attached hydrogen (secondary N) is 1. The highest BCUT2D eigenvalue weighted by atomic mass is 32.1. The second-order valence-corrected chi connectivity index (χ2v) is 7.81. The number of carbonyl (C=O) groups is 1. The van der Waals surface area contributed by atoms with Crippen LogP contribution in [0.4, 0.5) is 11.5 Å². The molecule has 1 saturated heterocycles. The predicted octanol–water partition coefficient (Wildman–Crippen LogP) is 3.79. The normalized spacial score (nSPS) is 14.7. The van der Waals surface area contributed by atoms with Crippen molar-refractivity contribution in [1.29, 1.82) is 0 Å². The van der Waals surface area contributed by atoms with Gasteiger partial charge in [-0.1, -0.05) is 0 Å². The summed E-state index contributed by atoms with van der Waals surface area (Å²) in [5.74, 6) is 0.753. The number of hydrogen-bond acceptors (Lipinski definition) is 9. The zero-order valence-electron chi connectivity index (χ0n) is 16.5. The van der Waals surface area contributed by atoms with Crippen LogP contribution in [0, 0.1) is 13.8 Å². The van der Waals surface area contributed by atoms with Crippen molar-refractivity contribution in [3.63, 3.8) is 0 Å². The van der Waals surface area contributed by atoms with Crippen molar-refractivity contribution >= 4 is 39.0 Å². The van der Waals surface area contributed by atoms with E-state index in [0.717, 1.165) is 29.5 Å². The van der Waals surface area contributed by atoms with Crippen molar-refractivity contribution in [2.45, 2.75) is 32.8 Å². The molecule has 1 aliphatic heterocycles. The number of rotatable bonds is 5. The molecule has 8 nitrogen and oxygen atoms in total. The summed E-state index contributed by atoms with van der Waals surface area (Å²) in [6, 6.07) is 3.84. The van der Waals surface area contributed by atoms with E-state index in [2.05, 4.69) is 20.3 Å². The Balaban J connectivity index is 1.70. The molecule has 0 atom stereocenters. The lowest BCUT2D eigenvalue weighted by atomic mass is 10.1. The number of thiophene rings is 1. The van der Waals surface area contributed by atoms with Gasteiger partial charge in [-0.3, -0.25) is 0 Å². The highest BCUT2D eigenvalue weighted by Gasteiger charge is 2.22. The maximum atomic E-state index is 12.1. The Bertz CT molecular complexity index is 1050. The van der Waals surface area contributed by atoms with Gasteiger partial charge in [-0.2, -0.15) is 0 Å². The van der Waals surface area contributed by atoms with Crippen molar-refractivity contribution in [3.05, 3.63) is 34.6 Å². The van der Waals surface area contributed by atoms with Crippen molar-refractivity contribution in [2.75, 3.05) is 25.6 Å². The fourth-order valence-electron chi connectivity index (χ4n) is 3.25. The molecule has 0 aromatic carbocycles. The number of methoxy groups -OCH3 is 1. The fraction of sp³-hybridized carbons (Fsp3) is 0.400. The standard InChI is InChI=1S/C20H22N4O4S/c1-11-4-5-14(18(23-11)28-13-6-8-27-9-7-13)24-17-15-12(2)16(20(25)26-3)29-19(15)22-10-21-17/h4-5,10,13H,6-9H2,1-3H3,(H,21,22,24). The van der Waals surface area contributed by atoms with E-state index in [1.54, 1.807) is 0 Å². The van der Waals surface area contributed by atoms with Gasteiger partial charge in [0.1, 0.15) is 33.6 Å². The maximum Gasteiger partial charge on any atom is 0.348 e. The van der Waals surface area contributed by atoms with Crippen LogP contribution in [-0.4, -0.2) is 47.3 Å². The molecular weight excluding hydrogens is 392 g/mol. The Labute approximate surface area is 172 Å². The molecule has 0 unspecified atom stereocenters. The van der Waals surface area contributed by atoms with Crippen LogP contribution in [-0.2, 0) is 9.47 Å². The number of ether oxygens (including phenoxy) is 3. The monoisotopic (exact) mass is 414 g/mol. The zero-order valence-corrected chi connectivity index (χ0v) is 17.3. The number of pyridine rings is 1. The first-order valence-corrected chi connectivity index (χ1v) is 10.2. The summed E-state index contributed by atoms with van der Waals surface area (Å²) in [4.78, 5) is 26.6. The smallest absolute Gasteiger partial charge is 0.348 e. The highest BCUT2D eigenvalue weighted by molar-refractivity contribution is 7.20. The topological polar surface area (TPSA) is 95.5 Å². The molecule has 29 heavy (non-hydrogen) atoms. The third-order valence-corrected chi connectivity index (χ3v) is 5.98. The molecule has 0 radical (unpaired) electrons. The Kier molecular flexibility index (Phi) is 5.59. The van der Waals surface area contributed by atoms with Crippen molar-refractivity contribution in [2.24, 2.45) is 0 Å². The van der Waals surface area contributed by atoms with E-state index >= 15 is 0 Å². The first kappa shape index (κ1) is 19.5. The summed E-state index contributed by atoms with van der Waals surface area (Å²) in [7, 11) is 1.37. The number of anilines is 2. The van der Waals surface area contributed by atoms with Crippen LogP contribution < -0.4 is 10.1 Å². The molecule has 3 aromatic heterocycles. The molecule has 1 fully saturated rings. The minimum Gasteiger partial charge on any atom is -0.473 e. The number of carbonyl (C=O) groups excluding carboxylic acids is 1. The molecule has 9 heteroatoms.